The molecule has 4 rings (SSSR count). The zero-order valence-corrected chi connectivity index (χ0v) is 16.0. The van der Waals surface area contributed by atoms with Gasteiger partial charge in [0.25, 0.3) is 0 Å². The lowest BCUT2D eigenvalue weighted by atomic mass is 10.1. The summed E-state index contributed by atoms with van der Waals surface area (Å²) in [6.07, 6.45) is 2.58. The van der Waals surface area contributed by atoms with E-state index in [0.29, 0.717) is 46.2 Å². The van der Waals surface area contributed by atoms with Gasteiger partial charge >= 0.3 is 0 Å². The quantitative estimate of drug-likeness (QED) is 0.707. The molecule has 4 heterocycles. The maximum atomic E-state index is 11.3. The van der Waals surface area contributed by atoms with Gasteiger partial charge in [-0.25, -0.2) is 15.0 Å². The number of fused-ring (bicyclic) bond motifs is 1. The lowest BCUT2D eigenvalue weighted by Crippen LogP contribution is -2.12. The Balaban J connectivity index is 1.72. The molecule has 142 valence electrons. The van der Waals surface area contributed by atoms with Crippen LogP contribution in [-0.2, 0) is 9.53 Å². The highest BCUT2D eigenvalue weighted by Crippen LogP contribution is 2.35. The fourth-order valence-corrected chi connectivity index (χ4v) is 3.76. The van der Waals surface area contributed by atoms with Gasteiger partial charge in [-0.3, -0.25) is 4.79 Å². The zero-order valence-electron chi connectivity index (χ0n) is 15.1. The van der Waals surface area contributed by atoms with Gasteiger partial charge in [0.15, 0.2) is 5.13 Å². The third kappa shape index (κ3) is 3.93. The molecule has 28 heavy (non-hydrogen) atoms. The number of carbonyl (C=O) groups is 1. The Morgan fingerprint density at radius 1 is 1.46 bits per heavy atom. The summed E-state index contributed by atoms with van der Waals surface area (Å²) in [5.74, 6) is 0.623. The van der Waals surface area contributed by atoms with Gasteiger partial charge in [0.1, 0.15) is 22.1 Å². The molecule has 0 aliphatic carbocycles. The molecule has 1 aliphatic heterocycles. The molecule has 0 saturated carbocycles. The molecule has 1 unspecified atom stereocenters. The molecular formula is C19H17N5O3S. The van der Waals surface area contributed by atoms with Gasteiger partial charge < -0.3 is 14.8 Å². The number of amides is 1. The average Bonchev–Trinajstić information content (AvgIpc) is 3.34. The van der Waals surface area contributed by atoms with E-state index in [1.54, 1.807) is 18.3 Å². The topological polar surface area (TPSA) is 110 Å². The first kappa shape index (κ1) is 18.3. The van der Waals surface area contributed by atoms with Gasteiger partial charge in [-0.1, -0.05) is 11.3 Å². The summed E-state index contributed by atoms with van der Waals surface area (Å²) in [5.41, 5.74) is 2.51. The van der Waals surface area contributed by atoms with Crippen LogP contribution in [0, 0.1) is 17.2 Å². The van der Waals surface area contributed by atoms with Crippen LogP contribution in [0.1, 0.15) is 19.0 Å². The van der Waals surface area contributed by atoms with E-state index in [-0.39, 0.29) is 5.91 Å². The van der Waals surface area contributed by atoms with Crippen molar-refractivity contribution in [1.29, 1.82) is 5.26 Å². The Morgan fingerprint density at radius 3 is 3.04 bits per heavy atom. The van der Waals surface area contributed by atoms with E-state index >= 15 is 0 Å². The number of hydrogen-bond donors (Lipinski definition) is 1. The van der Waals surface area contributed by atoms with E-state index in [9.17, 15) is 4.79 Å². The van der Waals surface area contributed by atoms with E-state index in [1.165, 1.54) is 18.3 Å². The Bertz CT molecular complexity index is 1050. The number of aromatic nitrogens is 3. The Hall–Kier alpha value is -3.09. The Morgan fingerprint density at radius 2 is 2.36 bits per heavy atom. The second kappa shape index (κ2) is 7.88. The monoisotopic (exact) mass is 395 g/mol. The maximum absolute atomic E-state index is 11.3. The molecular weight excluding hydrogens is 378 g/mol. The average molecular weight is 395 g/mol. The predicted octanol–water partition coefficient (Wildman–Crippen LogP) is 3.00. The normalized spacial score (nSPS) is 16.1. The van der Waals surface area contributed by atoms with E-state index in [2.05, 4.69) is 20.3 Å². The molecule has 1 fully saturated rings. The highest BCUT2D eigenvalue weighted by molar-refractivity contribution is 7.22. The minimum Gasteiger partial charge on any atom is -0.477 e. The van der Waals surface area contributed by atoms with Crippen molar-refractivity contribution in [3.05, 3.63) is 30.1 Å². The van der Waals surface area contributed by atoms with Gasteiger partial charge in [-0.15, -0.1) is 0 Å². The van der Waals surface area contributed by atoms with E-state index in [4.69, 9.17) is 14.7 Å². The number of pyridine rings is 2. The molecule has 0 radical (unpaired) electrons. The first-order valence-corrected chi connectivity index (χ1v) is 9.60. The van der Waals surface area contributed by atoms with Crippen molar-refractivity contribution in [3.63, 3.8) is 0 Å². The van der Waals surface area contributed by atoms with Gasteiger partial charge in [-0.2, -0.15) is 5.26 Å². The zero-order chi connectivity index (χ0) is 19.5. The van der Waals surface area contributed by atoms with Crippen LogP contribution in [0.2, 0.25) is 0 Å². The molecule has 1 amide bonds. The minimum absolute atomic E-state index is 0.187. The summed E-state index contributed by atoms with van der Waals surface area (Å²) in [6.45, 7) is 3.38. The molecule has 3 aromatic rings. The molecule has 9 heteroatoms. The number of hydrogen-bond acceptors (Lipinski definition) is 8. The van der Waals surface area contributed by atoms with Crippen molar-refractivity contribution in [2.75, 3.05) is 25.1 Å². The summed E-state index contributed by atoms with van der Waals surface area (Å²) in [5, 5.41) is 12.1. The number of nitrogens with zero attached hydrogens (tertiary/aromatic N) is 4. The fourth-order valence-electron chi connectivity index (χ4n) is 2.90. The second-order valence-corrected chi connectivity index (χ2v) is 7.43. The van der Waals surface area contributed by atoms with Gasteiger partial charge in [-0.05, 0) is 24.6 Å². The number of carbonyl (C=O) groups excluding carboxylic acids is 1. The van der Waals surface area contributed by atoms with Crippen molar-refractivity contribution in [2.24, 2.45) is 5.92 Å². The van der Waals surface area contributed by atoms with Crippen molar-refractivity contribution < 1.29 is 14.3 Å². The molecule has 1 saturated heterocycles. The summed E-state index contributed by atoms with van der Waals surface area (Å²) >= 11 is 1.29. The largest absolute Gasteiger partial charge is 0.477 e. The van der Waals surface area contributed by atoms with Crippen molar-refractivity contribution in [3.8, 4) is 23.1 Å². The first-order chi connectivity index (χ1) is 13.6. The Kier molecular flexibility index (Phi) is 5.14. The molecule has 0 spiro atoms. The number of rotatable bonds is 5. The van der Waals surface area contributed by atoms with Crippen LogP contribution < -0.4 is 10.1 Å². The maximum Gasteiger partial charge on any atom is 0.223 e. The first-order valence-electron chi connectivity index (χ1n) is 8.78. The molecule has 1 aliphatic rings. The van der Waals surface area contributed by atoms with Gasteiger partial charge in [0.2, 0.25) is 11.8 Å². The standard InChI is InChI=1S/C19H17N5O3S/c1-11(25)22-19-23-16-6-15(13-2-3-14(7-20)21-8-13)17(24-18(16)28-19)27-10-12-4-5-26-9-12/h2-3,6,8,12H,4-5,9-10H2,1H3,(H,22,23,25). The lowest BCUT2D eigenvalue weighted by Gasteiger charge is -2.13. The van der Waals surface area contributed by atoms with Crippen LogP contribution in [0.3, 0.4) is 0 Å². The molecule has 1 N–H and O–H groups in total. The third-order valence-electron chi connectivity index (χ3n) is 4.30. The van der Waals surface area contributed by atoms with Gasteiger partial charge in [0, 0.05) is 36.8 Å². The molecule has 3 aromatic heterocycles. The number of anilines is 1. The van der Waals surface area contributed by atoms with Crippen molar-refractivity contribution >= 4 is 32.7 Å². The highest BCUT2D eigenvalue weighted by atomic mass is 32.1. The lowest BCUT2D eigenvalue weighted by molar-refractivity contribution is -0.114. The molecule has 0 aromatic carbocycles. The van der Waals surface area contributed by atoms with Gasteiger partial charge in [0.05, 0.1) is 13.2 Å². The fraction of sp³-hybridized carbons (Fsp3) is 0.316. The van der Waals surface area contributed by atoms with E-state index < -0.39 is 0 Å². The summed E-state index contributed by atoms with van der Waals surface area (Å²) in [6, 6.07) is 7.34. The van der Waals surface area contributed by atoms with Crippen LogP contribution in [0.5, 0.6) is 5.88 Å². The molecule has 0 bridgehead atoms. The van der Waals surface area contributed by atoms with Crippen LogP contribution in [0.15, 0.2) is 24.4 Å². The summed E-state index contributed by atoms with van der Waals surface area (Å²) in [7, 11) is 0. The smallest absolute Gasteiger partial charge is 0.223 e. The van der Waals surface area contributed by atoms with Crippen LogP contribution in [0.25, 0.3) is 21.5 Å². The second-order valence-electron chi connectivity index (χ2n) is 6.45. The molecule has 8 nitrogen and oxygen atoms in total. The van der Waals surface area contributed by atoms with E-state index in [0.717, 1.165) is 24.2 Å². The van der Waals surface area contributed by atoms with Crippen LogP contribution >= 0.6 is 11.3 Å². The van der Waals surface area contributed by atoms with Crippen LogP contribution in [-0.4, -0.2) is 40.7 Å². The minimum atomic E-state index is -0.187. The number of ether oxygens (including phenoxy) is 2. The third-order valence-corrected chi connectivity index (χ3v) is 5.18. The van der Waals surface area contributed by atoms with Crippen LogP contribution in [0.4, 0.5) is 5.13 Å². The van der Waals surface area contributed by atoms with Crippen molar-refractivity contribution in [2.45, 2.75) is 13.3 Å². The SMILES string of the molecule is CC(=O)Nc1nc2cc(-c3ccc(C#N)nc3)c(OCC3CCOC3)nc2s1. The number of thiazole rings is 1. The van der Waals surface area contributed by atoms with E-state index in [1.807, 2.05) is 12.1 Å². The Labute approximate surface area is 165 Å². The predicted molar refractivity (Wildman–Crippen MR) is 104 cm³/mol. The summed E-state index contributed by atoms with van der Waals surface area (Å²) in [4.78, 5) is 25.2. The van der Waals surface area contributed by atoms with Crippen molar-refractivity contribution in [1.82, 2.24) is 15.0 Å². The number of nitriles is 1. The number of nitrogens with one attached hydrogen (secondary N) is 1. The molecule has 1 atom stereocenters. The summed E-state index contributed by atoms with van der Waals surface area (Å²) < 4.78 is 11.4. The highest BCUT2D eigenvalue weighted by Gasteiger charge is 2.19.